The van der Waals surface area contributed by atoms with Crippen molar-refractivity contribution in [1.29, 1.82) is 0 Å². The molecule has 1 heteroatoms. The fourth-order valence-electron chi connectivity index (χ4n) is 1.31. The molecule has 0 heterocycles. The molecule has 1 fully saturated rings. The van der Waals surface area contributed by atoms with E-state index in [0.29, 0.717) is 0 Å². The maximum Gasteiger partial charge on any atom is -0.0140 e. The van der Waals surface area contributed by atoms with Gasteiger partial charge in [-0.25, -0.2) is 0 Å². The molecule has 0 N–H and O–H groups in total. The van der Waals surface area contributed by atoms with Crippen molar-refractivity contribution in [1.82, 2.24) is 4.90 Å². The van der Waals surface area contributed by atoms with Crippen LogP contribution in [0.3, 0.4) is 0 Å². The summed E-state index contributed by atoms with van der Waals surface area (Å²) in [5.74, 6) is 1.04. The molecule has 0 aromatic rings. The Morgan fingerprint density at radius 3 is 1.45 bits per heavy atom. The summed E-state index contributed by atoms with van der Waals surface area (Å²) < 4.78 is 0. The molecule has 0 spiro atoms. The summed E-state index contributed by atoms with van der Waals surface area (Å²) in [5.41, 5.74) is 0. The van der Waals surface area contributed by atoms with E-state index in [1.54, 1.807) is 0 Å². The minimum atomic E-state index is 1.04. The van der Waals surface area contributed by atoms with Gasteiger partial charge in [-0.1, -0.05) is 39.0 Å². The molecule has 0 amide bonds. The Balaban J connectivity index is 0.000000218. The average molecular weight is 157 g/mol. The third-order valence-electron chi connectivity index (χ3n) is 1.89. The van der Waals surface area contributed by atoms with Gasteiger partial charge in [-0.05, 0) is 27.1 Å². The summed E-state index contributed by atoms with van der Waals surface area (Å²) in [7, 11) is 6.00. The van der Waals surface area contributed by atoms with Crippen molar-refractivity contribution < 1.29 is 0 Å². The Labute approximate surface area is 71.8 Å². The highest BCUT2D eigenvalue weighted by atomic mass is 15.0. The third-order valence-corrected chi connectivity index (χ3v) is 1.89. The van der Waals surface area contributed by atoms with Crippen LogP contribution in [0.4, 0.5) is 0 Å². The number of nitrogens with zero attached hydrogens (tertiary/aromatic N) is 1. The SMILES string of the molecule is CC1CCCCC1.CN(C)C. The third kappa shape index (κ3) is 9.96. The number of hydrogen-bond donors (Lipinski definition) is 0. The second-order valence-corrected chi connectivity index (χ2v) is 4.08. The fraction of sp³-hybridized carbons (Fsp3) is 1.00. The highest BCUT2D eigenvalue weighted by Crippen LogP contribution is 2.21. The van der Waals surface area contributed by atoms with Gasteiger partial charge in [0.15, 0.2) is 0 Å². The van der Waals surface area contributed by atoms with Crippen LogP contribution in [0.15, 0.2) is 0 Å². The summed E-state index contributed by atoms with van der Waals surface area (Å²) in [6, 6.07) is 0. The molecule has 1 aliphatic carbocycles. The highest BCUT2D eigenvalue weighted by Gasteiger charge is 2.05. The van der Waals surface area contributed by atoms with Crippen molar-refractivity contribution in [2.75, 3.05) is 21.1 Å². The Kier molecular flexibility index (Phi) is 6.63. The molecule has 0 aliphatic heterocycles. The van der Waals surface area contributed by atoms with Gasteiger partial charge in [0.2, 0.25) is 0 Å². The lowest BCUT2D eigenvalue weighted by Crippen LogP contribution is -1.99. The summed E-state index contributed by atoms with van der Waals surface area (Å²) in [6.45, 7) is 2.36. The standard InChI is InChI=1S/C7H14.C3H9N/c1-7-5-3-2-4-6-7;1-4(2)3/h7H,2-6H2,1H3;1-3H3. The maximum absolute atomic E-state index is 2.36. The van der Waals surface area contributed by atoms with Gasteiger partial charge < -0.3 is 4.90 Å². The van der Waals surface area contributed by atoms with E-state index in [-0.39, 0.29) is 0 Å². The van der Waals surface area contributed by atoms with E-state index >= 15 is 0 Å². The van der Waals surface area contributed by atoms with Crippen molar-refractivity contribution in [2.45, 2.75) is 39.0 Å². The van der Waals surface area contributed by atoms with Crippen molar-refractivity contribution in [3.63, 3.8) is 0 Å². The largest absolute Gasteiger partial charge is 0.312 e. The summed E-state index contributed by atoms with van der Waals surface area (Å²) in [4.78, 5) is 2.00. The molecule has 0 atom stereocenters. The van der Waals surface area contributed by atoms with Gasteiger partial charge in [0.05, 0.1) is 0 Å². The Morgan fingerprint density at radius 2 is 1.27 bits per heavy atom. The molecule has 0 aromatic carbocycles. The predicted molar refractivity (Wildman–Crippen MR) is 51.9 cm³/mol. The van der Waals surface area contributed by atoms with E-state index in [1.807, 2.05) is 26.0 Å². The molecule has 68 valence electrons. The number of hydrogen-bond acceptors (Lipinski definition) is 1. The molecule has 0 radical (unpaired) electrons. The lowest BCUT2D eigenvalue weighted by atomic mass is 9.91. The second kappa shape index (κ2) is 6.66. The molecule has 0 saturated heterocycles. The van der Waals surface area contributed by atoms with Gasteiger partial charge in [0.25, 0.3) is 0 Å². The zero-order chi connectivity index (χ0) is 8.69. The lowest BCUT2D eigenvalue weighted by molar-refractivity contribution is 0.385. The molecule has 1 saturated carbocycles. The van der Waals surface area contributed by atoms with Gasteiger partial charge in [-0.2, -0.15) is 0 Å². The summed E-state index contributed by atoms with van der Waals surface area (Å²) >= 11 is 0. The summed E-state index contributed by atoms with van der Waals surface area (Å²) in [5, 5.41) is 0. The van der Waals surface area contributed by atoms with E-state index in [0.717, 1.165) is 5.92 Å². The highest BCUT2D eigenvalue weighted by molar-refractivity contribution is 4.59. The first-order valence-corrected chi connectivity index (χ1v) is 4.74. The molecule has 11 heavy (non-hydrogen) atoms. The molecule has 1 nitrogen and oxygen atoms in total. The van der Waals surface area contributed by atoms with Crippen molar-refractivity contribution in [3.05, 3.63) is 0 Å². The van der Waals surface area contributed by atoms with Crippen LogP contribution in [-0.2, 0) is 0 Å². The minimum Gasteiger partial charge on any atom is -0.312 e. The van der Waals surface area contributed by atoms with Crippen LogP contribution in [0.5, 0.6) is 0 Å². The monoisotopic (exact) mass is 157 g/mol. The zero-order valence-corrected chi connectivity index (χ0v) is 8.56. The average Bonchev–Trinajstić information content (AvgIpc) is 1.87. The van der Waals surface area contributed by atoms with Gasteiger partial charge in [-0.15, -0.1) is 0 Å². The smallest absolute Gasteiger partial charge is 0.0140 e. The van der Waals surface area contributed by atoms with E-state index in [4.69, 9.17) is 0 Å². The van der Waals surface area contributed by atoms with Crippen LogP contribution in [0.1, 0.15) is 39.0 Å². The van der Waals surface area contributed by atoms with Gasteiger partial charge >= 0.3 is 0 Å². The fourth-order valence-corrected chi connectivity index (χ4v) is 1.31. The van der Waals surface area contributed by atoms with Gasteiger partial charge in [-0.3, -0.25) is 0 Å². The van der Waals surface area contributed by atoms with E-state index in [1.165, 1.54) is 32.1 Å². The van der Waals surface area contributed by atoms with Crippen LogP contribution in [0.25, 0.3) is 0 Å². The minimum absolute atomic E-state index is 1.04. The first-order chi connectivity index (χ1) is 5.13. The first kappa shape index (κ1) is 11.0. The molecule has 1 aliphatic rings. The molecular formula is C10H23N. The Hall–Kier alpha value is -0.0400. The second-order valence-electron chi connectivity index (χ2n) is 4.08. The topological polar surface area (TPSA) is 3.24 Å². The van der Waals surface area contributed by atoms with Crippen LogP contribution >= 0.6 is 0 Å². The maximum atomic E-state index is 2.36. The molecule has 0 aromatic heterocycles. The Bertz CT molecular complexity index is 70.2. The van der Waals surface area contributed by atoms with Gasteiger partial charge in [0.1, 0.15) is 0 Å². The van der Waals surface area contributed by atoms with Crippen LogP contribution in [-0.4, -0.2) is 26.0 Å². The van der Waals surface area contributed by atoms with Crippen molar-refractivity contribution in [2.24, 2.45) is 5.92 Å². The van der Waals surface area contributed by atoms with E-state index < -0.39 is 0 Å². The number of rotatable bonds is 0. The Morgan fingerprint density at radius 1 is 0.909 bits per heavy atom. The molecule has 1 rings (SSSR count). The molecule has 0 bridgehead atoms. The molecule has 0 unspecified atom stereocenters. The van der Waals surface area contributed by atoms with Gasteiger partial charge in [0, 0.05) is 0 Å². The van der Waals surface area contributed by atoms with E-state index in [9.17, 15) is 0 Å². The van der Waals surface area contributed by atoms with Crippen molar-refractivity contribution in [3.8, 4) is 0 Å². The first-order valence-electron chi connectivity index (χ1n) is 4.74. The normalized spacial score (nSPS) is 19.4. The summed E-state index contributed by atoms with van der Waals surface area (Å²) in [6.07, 6.45) is 7.44. The lowest BCUT2D eigenvalue weighted by Gasteiger charge is -2.15. The zero-order valence-electron chi connectivity index (χ0n) is 8.56. The van der Waals surface area contributed by atoms with Crippen LogP contribution in [0, 0.1) is 5.92 Å². The van der Waals surface area contributed by atoms with Crippen LogP contribution < -0.4 is 0 Å². The van der Waals surface area contributed by atoms with Crippen molar-refractivity contribution >= 4 is 0 Å². The predicted octanol–water partition coefficient (Wildman–Crippen LogP) is 2.76. The molecular weight excluding hydrogens is 134 g/mol. The van der Waals surface area contributed by atoms with E-state index in [2.05, 4.69) is 6.92 Å². The quantitative estimate of drug-likeness (QED) is 0.522. The van der Waals surface area contributed by atoms with Crippen LogP contribution in [0.2, 0.25) is 0 Å².